The second kappa shape index (κ2) is 10.1. The lowest BCUT2D eigenvalue weighted by molar-refractivity contribution is -0.119. The van der Waals surface area contributed by atoms with Gasteiger partial charge in [-0.15, -0.1) is 0 Å². The summed E-state index contributed by atoms with van der Waals surface area (Å²) in [5, 5.41) is 12.7. The first kappa shape index (κ1) is 24.2. The average molecular weight is 476 g/mol. The fourth-order valence-electron chi connectivity index (χ4n) is 6.82. The number of phenols is 1. The van der Waals surface area contributed by atoms with Crippen LogP contribution in [0.3, 0.4) is 0 Å². The van der Waals surface area contributed by atoms with Crippen molar-refractivity contribution >= 4 is 24.8 Å². The molecule has 2 saturated carbocycles. The third-order valence-electron chi connectivity index (χ3n) is 8.56. The van der Waals surface area contributed by atoms with Crippen molar-refractivity contribution in [2.45, 2.75) is 82.8 Å². The average Bonchev–Trinajstić information content (AvgIpc) is 3.11. The molecule has 6 atom stereocenters. The number of benzene rings is 1. The van der Waals surface area contributed by atoms with Crippen molar-refractivity contribution < 1.29 is 19.4 Å². The topological polar surface area (TPSA) is 114 Å². The van der Waals surface area contributed by atoms with E-state index in [9.17, 15) is 14.7 Å². The first-order chi connectivity index (χ1) is 15.8. The van der Waals surface area contributed by atoms with E-state index >= 15 is 0 Å². The Hall–Kier alpha value is -1.93. The summed E-state index contributed by atoms with van der Waals surface area (Å²) in [5.41, 5.74) is 8.04. The molecule has 1 aromatic carbocycles. The molecular formula is C25H37N3O4S. The monoisotopic (exact) mass is 475 g/mol. The van der Waals surface area contributed by atoms with E-state index in [2.05, 4.69) is 35.8 Å². The molecule has 0 saturated heterocycles. The number of aryl methyl sites for hydroxylation is 1. The maximum atomic E-state index is 12.5. The summed E-state index contributed by atoms with van der Waals surface area (Å²) in [5.74, 6) is 1.68. The number of carbonyl (C=O) groups is 2. The smallest absolute Gasteiger partial charge is 0.407 e. The summed E-state index contributed by atoms with van der Waals surface area (Å²) >= 11 is 3.92. The Morgan fingerprint density at radius 1 is 1.27 bits per heavy atom. The molecule has 7 nitrogen and oxygen atoms in total. The number of hydrogen-bond acceptors (Lipinski definition) is 6. The van der Waals surface area contributed by atoms with Crippen LogP contribution in [0.2, 0.25) is 0 Å². The molecule has 0 spiro atoms. The molecule has 5 unspecified atom stereocenters. The Bertz CT molecular complexity index is 881. The molecule has 182 valence electrons. The van der Waals surface area contributed by atoms with Crippen LogP contribution in [0.25, 0.3) is 0 Å². The van der Waals surface area contributed by atoms with Gasteiger partial charge in [0.1, 0.15) is 11.9 Å². The van der Waals surface area contributed by atoms with E-state index in [1.165, 1.54) is 11.1 Å². The third kappa shape index (κ3) is 4.97. The highest BCUT2D eigenvalue weighted by atomic mass is 32.1. The molecule has 33 heavy (non-hydrogen) atoms. The highest BCUT2D eigenvalue weighted by Gasteiger charge is 2.56. The third-order valence-corrected chi connectivity index (χ3v) is 8.87. The van der Waals surface area contributed by atoms with Gasteiger partial charge in [0, 0.05) is 12.0 Å². The summed E-state index contributed by atoms with van der Waals surface area (Å²) in [6, 6.07) is 5.43. The SMILES string of the molecule is CC12CCC3c4ccc(O)cc4CCC3C1CCC2OC(=O)NCCCC[C@H](NS)C(N)=O. The Labute approximate surface area is 201 Å². The Kier molecular flexibility index (Phi) is 7.43. The van der Waals surface area contributed by atoms with Crippen molar-refractivity contribution in [2.24, 2.45) is 23.0 Å². The van der Waals surface area contributed by atoms with Crippen LogP contribution < -0.4 is 15.8 Å². The van der Waals surface area contributed by atoms with Crippen molar-refractivity contribution in [1.82, 2.24) is 10.0 Å². The van der Waals surface area contributed by atoms with Gasteiger partial charge in [-0.05, 0) is 98.8 Å². The summed E-state index contributed by atoms with van der Waals surface area (Å²) in [4.78, 5) is 23.7. The molecule has 2 fully saturated rings. The second-order valence-electron chi connectivity index (χ2n) is 10.3. The van der Waals surface area contributed by atoms with E-state index < -0.39 is 11.9 Å². The number of thiol groups is 1. The number of nitrogens with two attached hydrogens (primary N) is 1. The number of amides is 2. The van der Waals surface area contributed by atoms with Crippen LogP contribution in [0.1, 0.15) is 75.3 Å². The van der Waals surface area contributed by atoms with Gasteiger partial charge in [0.05, 0.1) is 6.04 Å². The number of primary amides is 1. The lowest BCUT2D eigenvalue weighted by Crippen LogP contribution is -2.46. The summed E-state index contributed by atoms with van der Waals surface area (Å²) in [6.45, 7) is 2.83. The fourth-order valence-corrected chi connectivity index (χ4v) is 7.08. The molecule has 0 aliphatic heterocycles. The zero-order valence-corrected chi connectivity index (χ0v) is 20.3. The van der Waals surface area contributed by atoms with Crippen LogP contribution in [0, 0.1) is 17.3 Å². The van der Waals surface area contributed by atoms with Gasteiger partial charge in [0.2, 0.25) is 5.91 Å². The minimum absolute atomic E-state index is 0.0277. The van der Waals surface area contributed by atoms with Crippen molar-refractivity contribution in [3.05, 3.63) is 29.3 Å². The molecule has 2 amide bonds. The van der Waals surface area contributed by atoms with Gasteiger partial charge < -0.3 is 20.9 Å². The van der Waals surface area contributed by atoms with Gasteiger partial charge in [0.15, 0.2) is 0 Å². The van der Waals surface area contributed by atoms with E-state index in [4.69, 9.17) is 10.5 Å². The molecule has 0 radical (unpaired) electrons. The maximum absolute atomic E-state index is 12.5. The van der Waals surface area contributed by atoms with Crippen molar-refractivity contribution in [1.29, 1.82) is 0 Å². The minimum atomic E-state index is -0.455. The number of alkyl carbamates (subject to hydrolysis) is 1. The number of nitrogens with one attached hydrogen (secondary N) is 2. The number of hydrogen-bond donors (Lipinski definition) is 5. The van der Waals surface area contributed by atoms with E-state index in [0.29, 0.717) is 36.5 Å². The molecule has 5 N–H and O–H groups in total. The van der Waals surface area contributed by atoms with Crippen molar-refractivity contribution in [2.75, 3.05) is 6.54 Å². The number of unbranched alkanes of at least 4 members (excludes halogenated alkanes) is 1. The van der Waals surface area contributed by atoms with Crippen LogP contribution in [-0.4, -0.2) is 35.8 Å². The molecule has 0 heterocycles. The largest absolute Gasteiger partial charge is 0.508 e. The van der Waals surface area contributed by atoms with Crippen molar-refractivity contribution in [3.8, 4) is 5.75 Å². The number of ether oxygens (including phenoxy) is 1. The molecule has 0 bridgehead atoms. The van der Waals surface area contributed by atoms with Crippen LogP contribution in [-0.2, 0) is 16.0 Å². The molecule has 0 aromatic heterocycles. The Morgan fingerprint density at radius 3 is 2.85 bits per heavy atom. The summed E-state index contributed by atoms with van der Waals surface area (Å²) in [6.07, 6.45) is 8.07. The number of phenolic OH excluding ortho intramolecular Hbond substituents is 1. The van der Waals surface area contributed by atoms with Gasteiger partial charge in [-0.3, -0.25) is 9.52 Å². The molecule has 3 aliphatic rings. The number of rotatable bonds is 8. The molecule has 3 aliphatic carbocycles. The predicted octanol–water partition coefficient (Wildman–Crippen LogP) is 3.80. The van der Waals surface area contributed by atoms with Gasteiger partial charge in [-0.1, -0.05) is 25.8 Å². The zero-order valence-electron chi connectivity index (χ0n) is 19.4. The number of fused-ring (bicyclic) bond motifs is 5. The lowest BCUT2D eigenvalue weighted by atomic mass is 9.55. The maximum Gasteiger partial charge on any atom is 0.407 e. The number of carbonyl (C=O) groups excluding carboxylic acids is 2. The van der Waals surface area contributed by atoms with Crippen LogP contribution in [0.15, 0.2) is 18.2 Å². The van der Waals surface area contributed by atoms with Gasteiger partial charge in [0.25, 0.3) is 0 Å². The molecular weight excluding hydrogens is 438 g/mol. The van der Waals surface area contributed by atoms with E-state index in [1.54, 1.807) is 0 Å². The quantitative estimate of drug-likeness (QED) is 0.290. The standard InChI is InChI=1S/C25H37N3O4S/c1-25-12-11-18-17-8-6-16(29)14-15(17)5-7-19(18)20(25)9-10-22(25)32-24(31)27-13-3-2-4-21(28-33)23(26)30/h6,8,14,18-22,28-29,33H,2-5,7,9-13H2,1H3,(H2,26,30)(H,27,31)/t18?,19?,20?,21-,22?,25?/m0/s1. The first-order valence-corrected chi connectivity index (χ1v) is 12.7. The summed E-state index contributed by atoms with van der Waals surface area (Å²) in [7, 11) is 0. The summed E-state index contributed by atoms with van der Waals surface area (Å²) < 4.78 is 8.56. The van der Waals surface area contributed by atoms with Crippen molar-refractivity contribution in [3.63, 3.8) is 0 Å². The van der Waals surface area contributed by atoms with Crippen LogP contribution in [0.4, 0.5) is 4.79 Å². The molecule has 8 heteroatoms. The van der Waals surface area contributed by atoms with Gasteiger partial charge in [-0.2, -0.15) is 0 Å². The van der Waals surface area contributed by atoms with E-state index in [0.717, 1.165) is 51.4 Å². The molecule has 4 rings (SSSR count). The molecule has 1 aromatic rings. The minimum Gasteiger partial charge on any atom is -0.508 e. The van der Waals surface area contributed by atoms with E-state index in [-0.39, 0.29) is 17.6 Å². The highest BCUT2D eigenvalue weighted by Crippen LogP contribution is 2.61. The fraction of sp³-hybridized carbons (Fsp3) is 0.680. The van der Waals surface area contributed by atoms with Gasteiger partial charge >= 0.3 is 6.09 Å². The Morgan fingerprint density at radius 2 is 2.09 bits per heavy atom. The number of aromatic hydroxyl groups is 1. The lowest BCUT2D eigenvalue weighted by Gasteiger charge is -2.50. The zero-order chi connectivity index (χ0) is 23.6. The first-order valence-electron chi connectivity index (χ1n) is 12.3. The highest BCUT2D eigenvalue weighted by molar-refractivity contribution is 7.78. The Balaban J connectivity index is 1.28. The van der Waals surface area contributed by atoms with Crippen LogP contribution >= 0.6 is 12.8 Å². The predicted molar refractivity (Wildman–Crippen MR) is 130 cm³/mol. The normalized spacial score (nSPS) is 31.1. The van der Waals surface area contributed by atoms with Gasteiger partial charge in [-0.25, -0.2) is 4.79 Å². The van der Waals surface area contributed by atoms with Crippen LogP contribution in [0.5, 0.6) is 5.75 Å². The van der Waals surface area contributed by atoms with E-state index in [1.807, 2.05) is 12.1 Å². The second-order valence-corrected chi connectivity index (χ2v) is 10.6.